The summed E-state index contributed by atoms with van der Waals surface area (Å²) in [7, 11) is -3.36. The molecule has 1 aromatic heterocycles. The van der Waals surface area contributed by atoms with Gasteiger partial charge in [0.05, 0.1) is 0 Å². The Balaban J connectivity index is 1.70. The third-order valence-corrected chi connectivity index (χ3v) is 5.71. The lowest BCUT2D eigenvalue weighted by atomic mass is 9.86. The highest BCUT2D eigenvalue weighted by molar-refractivity contribution is 7.91. The number of aromatic nitrogens is 2. The zero-order valence-corrected chi connectivity index (χ0v) is 15.2. The minimum absolute atomic E-state index is 0.0710. The molecular weight excluding hydrogens is 344 g/mol. The Morgan fingerprint density at radius 1 is 1.28 bits per heavy atom. The molecule has 1 saturated carbocycles. The maximum atomic E-state index is 12.9. The van der Waals surface area contributed by atoms with Crippen molar-refractivity contribution in [1.29, 1.82) is 0 Å². The normalized spacial score (nSPS) is 20.3. The number of carbonyl (C=O) groups is 2. The van der Waals surface area contributed by atoms with Crippen LogP contribution in [0.3, 0.4) is 0 Å². The number of piperidine rings is 1. The van der Waals surface area contributed by atoms with Crippen LogP contribution in [-0.2, 0) is 25.0 Å². The molecule has 2 amide bonds. The van der Waals surface area contributed by atoms with Crippen molar-refractivity contribution >= 4 is 21.7 Å². The Morgan fingerprint density at radius 2 is 1.96 bits per heavy atom. The van der Waals surface area contributed by atoms with Crippen LogP contribution in [-0.4, -0.2) is 66.6 Å². The first-order chi connectivity index (χ1) is 11.8. The smallest absolute Gasteiger partial charge is 0.248 e. The molecular formula is C16H24N4O4S. The van der Waals surface area contributed by atoms with E-state index in [1.807, 2.05) is 0 Å². The lowest BCUT2D eigenvalue weighted by Crippen LogP contribution is -2.56. The number of hydrogen-bond acceptors (Lipinski definition) is 5. The highest BCUT2D eigenvalue weighted by atomic mass is 32.2. The van der Waals surface area contributed by atoms with Gasteiger partial charge in [0.25, 0.3) is 0 Å². The zero-order valence-electron chi connectivity index (χ0n) is 14.3. The lowest BCUT2D eigenvalue weighted by Gasteiger charge is -2.40. The van der Waals surface area contributed by atoms with E-state index in [2.05, 4.69) is 10.4 Å². The van der Waals surface area contributed by atoms with Crippen molar-refractivity contribution in [2.45, 2.75) is 31.2 Å². The van der Waals surface area contributed by atoms with E-state index in [1.165, 1.54) is 4.90 Å². The minimum atomic E-state index is -3.36. The average molecular weight is 368 g/mol. The summed E-state index contributed by atoms with van der Waals surface area (Å²) < 4.78 is 24.3. The molecule has 9 heteroatoms. The summed E-state index contributed by atoms with van der Waals surface area (Å²) in [6, 6.07) is 1.77. The van der Waals surface area contributed by atoms with Crippen LogP contribution in [0.15, 0.2) is 18.5 Å². The van der Waals surface area contributed by atoms with Crippen LogP contribution in [0.4, 0.5) is 0 Å². The van der Waals surface area contributed by atoms with Crippen molar-refractivity contribution in [1.82, 2.24) is 20.0 Å². The average Bonchev–Trinajstić information content (AvgIpc) is 3.21. The molecule has 8 nitrogen and oxygen atoms in total. The molecule has 1 aliphatic carbocycles. The Hall–Kier alpha value is -1.90. The van der Waals surface area contributed by atoms with Gasteiger partial charge in [0, 0.05) is 38.3 Å². The molecule has 2 heterocycles. The van der Waals surface area contributed by atoms with Crippen molar-refractivity contribution in [2.75, 3.05) is 31.6 Å². The molecule has 0 radical (unpaired) electrons. The SMILES string of the molecule is CS(=O)(=O)CC(=O)N1CCC(C(=O)NCC2CC2)(n2cccn2)CC1. The van der Waals surface area contributed by atoms with Crippen molar-refractivity contribution in [2.24, 2.45) is 5.92 Å². The van der Waals surface area contributed by atoms with E-state index in [4.69, 9.17) is 0 Å². The van der Waals surface area contributed by atoms with E-state index in [9.17, 15) is 18.0 Å². The summed E-state index contributed by atoms with van der Waals surface area (Å²) in [5, 5.41) is 7.29. The van der Waals surface area contributed by atoms with Crippen molar-refractivity contribution in [3.05, 3.63) is 18.5 Å². The van der Waals surface area contributed by atoms with Gasteiger partial charge in [-0.2, -0.15) is 5.10 Å². The molecule has 0 spiro atoms. The first-order valence-corrected chi connectivity index (χ1v) is 10.6. The highest BCUT2D eigenvalue weighted by Gasteiger charge is 2.45. The fourth-order valence-corrected chi connectivity index (χ4v) is 3.88. The van der Waals surface area contributed by atoms with Crippen LogP contribution < -0.4 is 5.32 Å². The predicted molar refractivity (Wildman–Crippen MR) is 91.5 cm³/mol. The van der Waals surface area contributed by atoms with Gasteiger partial charge >= 0.3 is 0 Å². The second-order valence-electron chi connectivity index (χ2n) is 7.09. The number of rotatable bonds is 6. The lowest BCUT2D eigenvalue weighted by molar-refractivity contribution is -0.138. The van der Waals surface area contributed by atoms with Crippen LogP contribution in [0.5, 0.6) is 0 Å². The first kappa shape index (κ1) is 17.9. The Labute approximate surface area is 147 Å². The molecule has 3 rings (SSSR count). The Bertz CT molecular complexity index is 732. The molecule has 0 atom stereocenters. The van der Waals surface area contributed by atoms with Gasteiger partial charge in [0.2, 0.25) is 11.8 Å². The van der Waals surface area contributed by atoms with E-state index >= 15 is 0 Å². The van der Waals surface area contributed by atoms with E-state index in [1.54, 1.807) is 23.1 Å². The van der Waals surface area contributed by atoms with E-state index in [0.717, 1.165) is 19.1 Å². The minimum Gasteiger partial charge on any atom is -0.354 e. The standard InChI is InChI=1S/C16H24N4O4S/c1-25(23,24)12-14(21)19-9-5-16(6-10-19,20-8-2-7-18-20)15(22)17-11-13-3-4-13/h2,7-8,13H,3-6,9-12H2,1H3,(H,17,22). The van der Waals surface area contributed by atoms with Crippen LogP contribution in [0.25, 0.3) is 0 Å². The number of nitrogens with one attached hydrogen (secondary N) is 1. The van der Waals surface area contributed by atoms with Crippen molar-refractivity contribution in [3.8, 4) is 0 Å². The van der Waals surface area contributed by atoms with E-state index in [0.29, 0.717) is 38.4 Å². The fourth-order valence-electron chi connectivity index (χ4n) is 3.25. The maximum Gasteiger partial charge on any atom is 0.248 e. The van der Waals surface area contributed by atoms with Gasteiger partial charge in [-0.25, -0.2) is 8.42 Å². The summed E-state index contributed by atoms with van der Waals surface area (Å²) in [4.78, 5) is 26.5. The summed E-state index contributed by atoms with van der Waals surface area (Å²) in [5.74, 6) is -0.390. The molecule has 138 valence electrons. The summed E-state index contributed by atoms with van der Waals surface area (Å²) in [6.07, 6.45) is 7.60. The van der Waals surface area contributed by atoms with Crippen LogP contribution >= 0.6 is 0 Å². The second-order valence-corrected chi connectivity index (χ2v) is 9.23. The molecule has 1 saturated heterocycles. The van der Waals surface area contributed by atoms with Crippen LogP contribution in [0, 0.1) is 5.92 Å². The van der Waals surface area contributed by atoms with Crippen LogP contribution in [0.2, 0.25) is 0 Å². The summed E-state index contributed by atoms with van der Waals surface area (Å²) in [5.41, 5.74) is -0.819. The number of hydrogen-bond donors (Lipinski definition) is 1. The molecule has 2 fully saturated rings. The highest BCUT2D eigenvalue weighted by Crippen LogP contribution is 2.32. The van der Waals surface area contributed by atoms with Crippen molar-refractivity contribution in [3.63, 3.8) is 0 Å². The first-order valence-electron chi connectivity index (χ1n) is 8.54. The molecule has 1 N–H and O–H groups in total. The van der Waals surface area contributed by atoms with Gasteiger partial charge in [-0.1, -0.05) is 0 Å². The molecule has 0 unspecified atom stereocenters. The third-order valence-electron chi connectivity index (χ3n) is 4.94. The summed E-state index contributed by atoms with van der Waals surface area (Å²) in [6.45, 7) is 1.36. The summed E-state index contributed by atoms with van der Waals surface area (Å²) >= 11 is 0. The monoisotopic (exact) mass is 368 g/mol. The largest absolute Gasteiger partial charge is 0.354 e. The maximum absolute atomic E-state index is 12.9. The fraction of sp³-hybridized carbons (Fsp3) is 0.688. The molecule has 25 heavy (non-hydrogen) atoms. The number of likely N-dealkylation sites (tertiary alicyclic amines) is 1. The van der Waals surface area contributed by atoms with E-state index < -0.39 is 27.0 Å². The Morgan fingerprint density at radius 3 is 2.48 bits per heavy atom. The molecule has 1 aliphatic heterocycles. The van der Waals surface area contributed by atoms with E-state index in [-0.39, 0.29) is 5.91 Å². The molecule has 1 aromatic rings. The third kappa shape index (κ3) is 4.20. The van der Waals surface area contributed by atoms with Crippen molar-refractivity contribution < 1.29 is 18.0 Å². The molecule has 0 bridgehead atoms. The molecule has 0 aromatic carbocycles. The van der Waals surface area contributed by atoms with Gasteiger partial charge in [-0.3, -0.25) is 14.3 Å². The number of nitrogens with zero attached hydrogens (tertiary/aromatic N) is 3. The van der Waals surface area contributed by atoms with Gasteiger partial charge < -0.3 is 10.2 Å². The second kappa shape index (κ2) is 6.78. The Kier molecular flexibility index (Phi) is 4.86. The zero-order chi connectivity index (χ0) is 18.1. The van der Waals surface area contributed by atoms with Gasteiger partial charge in [0.15, 0.2) is 9.84 Å². The number of sulfone groups is 1. The number of carbonyl (C=O) groups excluding carboxylic acids is 2. The van der Waals surface area contributed by atoms with Gasteiger partial charge in [-0.05, 0) is 37.7 Å². The quantitative estimate of drug-likeness (QED) is 0.747. The van der Waals surface area contributed by atoms with Crippen LogP contribution in [0.1, 0.15) is 25.7 Å². The topological polar surface area (TPSA) is 101 Å². The predicted octanol–water partition coefficient (Wildman–Crippen LogP) is -0.228. The number of amides is 2. The van der Waals surface area contributed by atoms with Gasteiger partial charge in [0.1, 0.15) is 11.3 Å². The molecule has 2 aliphatic rings. The van der Waals surface area contributed by atoms with Gasteiger partial charge in [-0.15, -0.1) is 0 Å².